The van der Waals surface area contributed by atoms with E-state index in [1.807, 2.05) is 31.2 Å². The van der Waals surface area contributed by atoms with Gasteiger partial charge in [0.2, 0.25) is 10.0 Å². The van der Waals surface area contributed by atoms with Crippen LogP contribution in [0.3, 0.4) is 0 Å². The average molecular weight is 338 g/mol. The van der Waals surface area contributed by atoms with Gasteiger partial charge in [-0.25, -0.2) is 13.1 Å². The first-order valence-electron chi connectivity index (χ1n) is 7.17. The second-order valence-corrected chi connectivity index (χ2v) is 7.77. The minimum Gasteiger partial charge on any atom is -0.207 e. The molecule has 0 heterocycles. The van der Waals surface area contributed by atoms with Crippen LogP contribution in [0.1, 0.15) is 43.9 Å². The van der Waals surface area contributed by atoms with Gasteiger partial charge in [-0.15, -0.1) is 0 Å². The molecule has 0 saturated heterocycles. The Morgan fingerprint density at radius 1 is 0.864 bits per heavy atom. The van der Waals surface area contributed by atoms with Gasteiger partial charge in [0, 0.05) is 11.1 Å². The fourth-order valence-corrected chi connectivity index (χ4v) is 3.51. The van der Waals surface area contributed by atoms with Crippen molar-refractivity contribution in [3.63, 3.8) is 0 Å². The van der Waals surface area contributed by atoms with Crippen molar-refractivity contribution >= 4 is 21.6 Å². The van der Waals surface area contributed by atoms with Gasteiger partial charge in [-0.3, -0.25) is 0 Å². The normalized spacial score (nSPS) is 13.3. The van der Waals surface area contributed by atoms with Crippen molar-refractivity contribution in [3.05, 3.63) is 64.7 Å². The Morgan fingerprint density at radius 2 is 1.36 bits per heavy atom. The first-order valence-corrected chi connectivity index (χ1v) is 9.03. The largest absolute Gasteiger partial charge is 0.241 e. The molecule has 0 bridgehead atoms. The van der Waals surface area contributed by atoms with Gasteiger partial charge in [0.1, 0.15) is 0 Å². The molecule has 0 aliphatic carbocycles. The lowest BCUT2D eigenvalue weighted by Crippen LogP contribution is -2.26. The van der Waals surface area contributed by atoms with E-state index in [2.05, 4.69) is 18.6 Å². The average Bonchev–Trinajstić information content (AvgIpc) is 2.47. The highest BCUT2D eigenvalue weighted by molar-refractivity contribution is 7.89. The lowest BCUT2D eigenvalue weighted by atomic mass is 10.0. The minimum atomic E-state index is -3.54. The van der Waals surface area contributed by atoms with Gasteiger partial charge >= 0.3 is 0 Å². The van der Waals surface area contributed by atoms with Crippen LogP contribution in [-0.4, -0.2) is 8.42 Å². The maximum Gasteiger partial charge on any atom is 0.241 e. The van der Waals surface area contributed by atoms with Crippen LogP contribution in [0.15, 0.2) is 53.4 Å². The Morgan fingerprint density at radius 3 is 1.86 bits per heavy atom. The highest BCUT2D eigenvalue weighted by atomic mass is 35.5. The molecular weight excluding hydrogens is 318 g/mol. The number of hydrogen-bond donors (Lipinski definition) is 1. The van der Waals surface area contributed by atoms with E-state index in [-0.39, 0.29) is 10.9 Å². The zero-order valence-corrected chi connectivity index (χ0v) is 14.4. The standard InChI is InChI=1S/C17H20ClNO2S/c1-12(2)14-6-10-17(11-7-14)22(20,21)19-13(3)15-4-8-16(18)9-5-15/h4-13,19H,1-3H3. The van der Waals surface area contributed by atoms with Crippen LogP contribution in [0.2, 0.25) is 5.02 Å². The van der Waals surface area contributed by atoms with E-state index in [0.29, 0.717) is 10.9 Å². The lowest BCUT2D eigenvalue weighted by molar-refractivity contribution is 0.567. The third-order valence-corrected chi connectivity index (χ3v) is 5.37. The highest BCUT2D eigenvalue weighted by Crippen LogP contribution is 2.21. The zero-order chi connectivity index (χ0) is 16.3. The van der Waals surface area contributed by atoms with E-state index < -0.39 is 10.0 Å². The highest BCUT2D eigenvalue weighted by Gasteiger charge is 2.18. The third-order valence-electron chi connectivity index (χ3n) is 3.56. The van der Waals surface area contributed by atoms with Gasteiger partial charge in [-0.1, -0.05) is 49.7 Å². The van der Waals surface area contributed by atoms with E-state index >= 15 is 0 Å². The van der Waals surface area contributed by atoms with Crippen LogP contribution in [-0.2, 0) is 10.0 Å². The van der Waals surface area contributed by atoms with Crippen molar-refractivity contribution in [2.75, 3.05) is 0 Å². The number of hydrogen-bond acceptors (Lipinski definition) is 2. The third kappa shape index (κ3) is 4.09. The summed E-state index contributed by atoms with van der Waals surface area (Å²) < 4.78 is 27.5. The first kappa shape index (κ1) is 17.0. The molecular formula is C17H20ClNO2S. The van der Waals surface area contributed by atoms with Crippen molar-refractivity contribution in [2.24, 2.45) is 0 Å². The SMILES string of the molecule is CC(C)c1ccc(S(=O)(=O)NC(C)c2ccc(Cl)cc2)cc1. The van der Waals surface area contributed by atoms with Crippen molar-refractivity contribution in [1.82, 2.24) is 4.72 Å². The van der Waals surface area contributed by atoms with Crippen LogP contribution < -0.4 is 4.72 Å². The number of sulfonamides is 1. The Hall–Kier alpha value is -1.36. The second-order valence-electron chi connectivity index (χ2n) is 5.62. The Balaban J connectivity index is 2.18. The summed E-state index contributed by atoms with van der Waals surface area (Å²) in [6.45, 7) is 5.96. The number of nitrogens with one attached hydrogen (secondary N) is 1. The van der Waals surface area contributed by atoms with Crippen molar-refractivity contribution < 1.29 is 8.42 Å². The Labute approximate surface area is 137 Å². The summed E-state index contributed by atoms with van der Waals surface area (Å²) in [5.41, 5.74) is 1.98. The van der Waals surface area contributed by atoms with Gasteiger partial charge in [0.05, 0.1) is 4.90 Å². The molecule has 2 rings (SSSR count). The maximum absolute atomic E-state index is 12.4. The number of benzene rings is 2. The summed E-state index contributed by atoms with van der Waals surface area (Å²) in [6.07, 6.45) is 0. The molecule has 0 aliphatic rings. The van der Waals surface area contributed by atoms with E-state index in [9.17, 15) is 8.42 Å². The summed E-state index contributed by atoms with van der Waals surface area (Å²) in [7, 11) is -3.54. The monoisotopic (exact) mass is 337 g/mol. The van der Waals surface area contributed by atoms with E-state index in [1.165, 1.54) is 0 Å². The summed E-state index contributed by atoms with van der Waals surface area (Å²) in [5, 5.41) is 0.628. The van der Waals surface area contributed by atoms with E-state index in [1.54, 1.807) is 24.3 Å². The fraction of sp³-hybridized carbons (Fsp3) is 0.294. The van der Waals surface area contributed by atoms with Crippen LogP contribution in [0.5, 0.6) is 0 Å². The van der Waals surface area contributed by atoms with Crippen LogP contribution in [0.4, 0.5) is 0 Å². The molecule has 2 aromatic carbocycles. The zero-order valence-electron chi connectivity index (χ0n) is 12.9. The predicted octanol–water partition coefficient (Wildman–Crippen LogP) is 4.50. The minimum absolute atomic E-state index is 0.276. The summed E-state index contributed by atoms with van der Waals surface area (Å²) in [5.74, 6) is 0.373. The summed E-state index contributed by atoms with van der Waals surface area (Å²) >= 11 is 5.85. The van der Waals surface area contributed by atoms with Crippen molar-refractivity contribution in [1.29, 1.82) is 0 Å². The van der Waals surface area contributed by atoms with Crippen LogP contribution >= 0.6 is 11.6 Å². The first-order chi connectivity index (χ1) is 10.3. The predicted molar refractivity (Wildman–Crippen MR) is 90.7 cm³/mol. The van der Waals surface area contributed by atoms with Crippen LogP contribution in [0, 0.1) is 0 Å². The molecule has 0 amide bonds. The van der Waals surface area contributed by atoms with Crippen LogP contribution in [0.25, 0.3) is 0 Å². The van der Waals surface area contributed by atoms with Crippen molar-refractivity contribution in [2.45, 2.75) is 37.6 Å². The molecule has 1 atom stereocenters. The quantitative estimate of drug-likeness (QED) is 0.872. The molecule has 0 aromatic heterocycles. The molecule has 3 nitrogen and oxygen atoms in total. The Kier molecular flexibility index (Phi) is 5.27. The molecule has 0 radical (unpaired) electrons. The van der Waals surface area contributed by atoms with Gasteiger partial charge in [0.25, 0.3) is 0 Å². The molecule has 0 saturated carbocycles. The topological polar surface area (TPSA) is 46.2 Å². The maximum atomic E-state index is 12.4. The van der Waals surface area contributed by atoms with E-state index in [4.69, 9.17) is 11.6 Å². The fourth-order valence-electron chi connectivity index (χ4n) is 2.15. The summed E-state index contributed by atoms with van der Waals surface area (Å²) in [6, 6.07) is 13.8. The molecule has 22 heavy (non-hydrogen) atoms. The lowest BCUT2D eigenvalue weighted by Gasteiger charge is -2.15. The number of halogens is 1. The molecule has 0 spiro atoms. The van der Waals surface area contributed by atoms with E-state index in [0.717, 1.165) is 11.1 Å². The molecule has 2 aromatic rings. The molecule has 1 N–H and O–H groups in total. The summed E-state index contributed by atoms with van der Waals surface area (Å²) in [4.78, 5) is 0.276. The van der Waals surface area contributed by atoms with Gasteiger partial charge in [-0.05, 0) is 48.2 Å². The number of rotatable bonds is 5. The van der Waals surface area contributed by atoms with Crippen molar-refractivity contribution in [3.8, 4) is 0 Å². The molecule has 0 fully saturated rings. The second kappa shape index (κ2) is 6.82. The van der Waals surface area contributed by atoms with Gasteiger partial charge in [-0.2, -0.15) is 0 Å². The van der Waals surface area contributed by atoms with Gasteiger partial charge in [0.15, 0.2) is 0 Å². The molecule has 118 valence electrons. The van der Waals surface area contributed by atoms with Gasteiger partial charge < -0.3 is 0 Å². The molecule has 0 aliphatic heterocycles. The molecule has 1 unspecified atom stereocenters. The smallest absolute Gasteiger partial charge is 0.207 e. The molecule has 5 heteroatoms. The Bertz CT molecular complexity index is 722.